The van der Waals surface area contributed by atoms with Crippen LogP contribution in [0.2, 0.25) is 0 Å². The van der Waals surface area contributed by atoms with Crippen molar-refractivity contribution in [3.63, 3.8) is 0 Å². The Bertz CT molecular complexity index is 470. The zero-order chi connectivity index (χ0) is 13.5. The fourth-order valence-corrected chi connectivity index (χ4v) is 3.72. The van der Waals surface area contributed by atoms with Gasteiger partial charge in [-0.15, -0.1) is 0 Å². The summed E-state index contributed by atoms with van der Waals surface area (Å²) in [4.78, 5) is 9.71. The number of hydrogen-bond donors (Lipinski definition) is 0. The lowest BCUT2D eigenvalue weighted by atomic mass is 10.0. The van der Waals surface area contributed by atoms with Gasteiger partial charge in [-0.3, -0.25) is 9.80 Å². The van der Waals surface area contributed by atoms with Gasteiger partial charge in [0.15, 0.2) is 0 Å². The predicted octanol–water partition coefficient (Wildman–Crippen LogP) is 0.715. The molecule has 3 heterocycles. The molecule has 0 aromatic carbocycles. The van der Waals surface area contributed by atoms with Gasteiger partial charge in [-0.25, -0.2) is 4.98 Å². The molecule has 1 aromatic rings. The molecule has 2 atom stereocenters. The highest BCUT2D eigenvalue weighted by Crippen LogP contribution is 2.38. The van der Waals surface area contributed by atoms with Crippen LogP contribution in [-0.2, 0) is 18.3 Å². The van der Waals surface area contributed by atoms with E-state index in [0.717, 1.165) is 44.6 Å². The third kappa shape index (κ3) is 2.38. The van der Waals surface area contributed by atoms with Crippen LogP contribution < -0.4 is 0 Å². The van der Waals surface area contributed by atoms with E-state index in [-0.39, 0.29) is 0 Å². The summed E-state index contributed by atoms with van der Waals surface area (Å²) < 4.78 is 7.99. The first-order valence-electron chi connectivity index (χ1n) is 7.83. The fourth-order valence-electron chi connectivity index (χ4n) is 3.72. The summed E-state index contributed by atoms with van der Waals surface area (Å²) in [7, 11) is 2.07. The topological polar surface area (TPSA) is 33.5 Å². The van der Waals surface area contributed by atoms with Crippen molar-refractivity contribution < 1.29 is 4.74 Å². The van der Waals surface area contributed by atoms with Crippen molar-refractivity contribution in [2.75, 3.05) is 32.8 Å². The van der Waals surface area contributed by atoms with Gasteiger partial charge in [-0.2, -0.15) is 0 Å². The summed E-state index contributed by atoms with van der Waals surface area (Å²) in [6, 6.07) is 1.28. The van der Waals surface area contributed by atoms with E-state index >= 15 is 0 Å². The number of imidazole rings is 1. The molecule has 0 bridgehead atoms. The van der Waals surface area contributed by atoms with E-state index in [9.17, 15) is 0 Å². The maximum Gasteiger partial charge on any atom is 0.122 e. The number of aryl methyl sites for hydroxylation is 1. The molecule has 3 fully saturated rings. The summed E-state index contributed by atoms with van der Waals surface area (Å²) in [5.41, 5.74) is 0. The SMILES string of the molecule is Cn1ccnc1CN1CCN2[C@@H](COC[C@@H]2C2CC2)C1. The van der Waals surface area contributed by atoms with Crippen molar-refractivity contribution in [1.82, 2.24) is 19.4 Å². The Morgan fingerprint density at radius 1 is 1.30 bits per heavy atom. The van der Waals surface area contributed by atoms with Crippen LogP contribution in [0.4, 0.5) is 0 Å². The highest BCUT2D eigenvalue weighted by atomic mass is 16.5. The molecule has 1 aliphatic carbocycles. The molecule has 1 aromatic heterocycles. The number of ether oxygens (including phenoxy) is 1. The molecule has 2 aliphatic heterocycles. The Balaban J connectivity index is 1.40. The molecule has 0 radical (unpaired) electrons. The lowest BCUT2D eigenvalue weighted by Crippen LogP contribution is -2.62. The molecule has 1 saturated carbocycles. The van der Waals surface area contributed by atoms with E-state index in [2.05, 4.69) is 26.4 Å². The Labute approximate surface area is 120 Å². The van der Waals surface area contributed by atoms with E-state index in [0.29, 0.717) is 12.1 Å². The van der Waals surface area contributed by atoms with E-state index in [1.807, 2.05) is 12.4 Å². The average molecular weight is 276 g/mol. The minimum absolute atomic E-state index is 0.586. The quantitative estimate of drug-likeness (QED) is 0.814. The van der Waals surface area contributed by atoms with Crippen LogP contribution in [0.5, 0.6) is 0 Å². The predicted molar refractivity (Wildman–Crippen MR) is 76.3 cm³/mol. The van der Waals surface area contributed by atoms with Crippen LogP contribution in [0.3, 0.4) is 0 Å². The van der Waals surface area contributed by atoms with Gasteiger partial charge in [-0.1, -0.05) is 0 Å². The number of nitrogens with zero attached hydrogens (tertiary/aromatic N) is 4. The fraction of sp³-hybridized carbons (Fsp3) is 0.800. The standard InChI is InChI=1S/C15H24N4O/c1-17-5-4-16-15(17)9-18-6-7-19-13(8-18)10-20-11-14(19)12-2-3-12/h4-5,12-14H,2-3,6-11H2,1H3/t13-,14-/m1/s1. The smallest absolute Gasteiger partial charge is 0.122 e. The van der Waals surface area contributed by atoms with Crippen molar-refractivity contribution in [1.29, 1.82) is 0 Å². The minimum Gasteiger partial charge on any atom is -0.378 e. The second-order valence-corrected chi connectivity index (χ2v) is 6.52. The molecule has 3 aliphatic rings. The third-order valence-corrected chi connectivity index (χ3v) is 5.09. The molecular formula is C15H24N4O. The lowest BCUT2D eigenvalue weighted by Gasteiger charge is -2.48. The molecule has 0 unspecified atom stereocenters. The Morgan fingerprint density at radius 2 is 2.20 bits per heavy atom. The maximum atomic E-state index is 5.87. The van der Waals surface area contributed by atoms with Gasteiger partial charge in [0.05, 0.1) is 19.8 Å². The molecule has 0 spiro atoms. The molecule has 2 saturated heterocycles. The van der Waals surface area contributed by atoms with Crippen LogP contribution in [0.1, 0.15) is 18.7 Å². The van der Waals surface area contributed by atoms with Crippen molar-refractivity contribution in [2.45, 2.75) is 31.5 Å². The van der Waals surface area contributed by atoms with Gasteiger partial charge in [-0.05, 0) is 18.8 Å². The van der Waals surface area contributed by atoms with E-state index < -0.39 is 0 Å². The average Bonchev–Trinajstić information content (AvgIpc) is 3.23. The number of fused-ring (bicyclic) bond motifs is 1. The maximum absolute atomic E-state index is 5.87. The summed E-state index contributed by atoms with van der Waals surface area (Å²) in [5, 5.41) is 0. The molecule has 4 rings (SSSR count). The number of morpholine rings is 1. The second-order valence-electron chi connectivity index (χ2n) is 6.52. The van der Waals surface area contributed by atoms with Gasteiger partial charge >= 0.3 is 0 Å². The van der Waals surface area contributed by atoms with Gasteiger partial charge in [0.25, 0.3) is 0 Å². The third-order valence-electron chi connectivity index (χ3n) is 5.09. The molecular weight excluding hydrogens is 252 g/mol. The minimum atomic E-state index is 0.586. The first-order chi connectivity index (χ1) is 9.81. The summed E-state index contributed by atoms with van der Waals surface area (Å²) in [5.74, 6) is 2.08. The van der Waals surface area contributed by atoms with Crippen LogP contribution in [-0.4, -0.2) is 64.3 Å². The molecule has 20 heavy (non-hydrogen) atoms. The number of hydrogen-bond acceptors (Lipinski definition) is 4. The molecule has 0 amide bonds. The normalized spacial score (nSPS) is 32.2. The van der Waals surface area contributed by atoms with Gasteiger partial charge in [0.2, 0.25) is 0 Å². The largest absolute Gasteiger partial charge is 0.378 e. The number of piperazine rings is 1. The molecule has 110 valence electrons. The van der Waals surface area contributed by atoms with E-state index in [1.165, 1.54) is 19.4 Å². The number of rotatable bonds is 3. The van der Waals surface area contributed by atoms with Crippen LogP contribution in [0, 0.1) is 5.92 Å². The Morgan fingerprint density at radius 3 is 2.95 bits per heavy atom. The second kappa shape index (κ2) is 5.13. The Hall–Kier alpha value is -0.910. The summed E-state index contributed by atoms with van der Waals surface area (Å²) in [6.45, 7) is 6.30. The number of aromatic nitrogens is 2. The lowest BCUT2D eigenvalue weighted by molar-refractivity contribution is -0.0883. The zero-order valence-electron chi connectivity index (χ0n) is 12.2. The highest BCUT2D eigenvalue weighted by molar-refractivity contribution is 4.98. The van der Waals surface area contributed by atoms with Gasteiger partial charge < -0.3 is 9.30 Å². The van der Waals surface area contributed by atoms with Crippen LogP contribution in [0.15, 0.2) is 12.4 Å². The van der Waals surface area contributed by atoms with E-state index in [4.69, 9.17) is 4.74 Å². The first-order valence-corrected chi connectivity index (χ1v) is 7.83. The Kier molecular flexibility index (Phi) is 3.28. The summed E-state index contributed by atoms with van der Waals surface area (Å²) in [6.07, 6.45) is 6.74. The van der Waals surface area contributed by atoms with Gasteiger partial charge in [0, 0.05) is 51.2 Å². The highest BCUT2D eigenvalue weighted by Gasteiger charge is 2.42. The van der Waals surface area contributed by atoms with Crippen molar-refractivity contribution in [3.8, 4) is 0 Å². The summed E-state index contributed by atoms with van der Waals surface area (Å²) >= 11 is 0. The molecule has 5 heteroatoms. The van der Waals surface area contributed by atoms with E-state index in [1.54, 1.807) is 0 Å². The van der Waals surface area contributed by atoms with Crippen molar-refractivity contribution in [3.05, 3.63) is 18.2 Å². The molecule has 0 N–H and O–H groups in total. The first kappa shape index (κ1) is 12.8. The van der Waals surface area contributed by atoms with Crippen molar-refractivity contribution in [2.24, 2.45) is 13.0 Å². The van der Waals surface area contributed by atoms with Crippen molar-refractivity contribution >= 4 is 0 Å². The van der Waals surface area contributed by atoms with Gasteiger partial charge in [0.1, 0.15) is 5.82 Å². The van der Waals surface area contributed by atoms with Crippen LogP contribution >= 0.6 is 0 Å². The zero-order valence-corrected chi connectivity index (χ0v) is 12.2. The molecule has 5 nitrogen and oxygen atoms in total. The monoisotopic (exact) mass is 276 g/mol. The van der Waals surface area contributed by atoms with Crippen LogP contribution in [0.25, 0.3) is 0 Å².